The summed E-state index contributed by atoms with van der Waals surface area (Å²) >= 11 is 2.84. The first kappa shape index (κ1) is 43.1. The number of hydrogen-bond donors (Lipinski definition) is 3. The number of sulfonamides is 1. The van der Waals surface area contributed by atoms with Gasteiger partial charge in [-0.15, -0.1) is 11.8 Å². The second-order valence-electron chi connectivity index (χ2n) is 14.7. The highest BCUT2D eigenvalue weighted by Crippen LogP contribution is 2.37. The van der Waals surface area contributed by atoms with Crippen LogP contribution in [0.3, 0.4) is 0 Å². The molecule has 3 aromatic heterocycles. The van der Waals surface area contributed by atoms with E-state index in [0.29, 0.717) is 73.0 Å². The monoisotopic (exact) mass is 902 g/mol. The normalized spacial score (nSPS) is 15.2. The lowest BCUT2D eigenvalue weighted by atomic mass is 9.94. The summed E-state index contributed by atoms with van der Waals surface area (Å²) < 4.78 is 79.3. The number of halogens is 3. The molecule has 3 aromatic carbocycles. The zero-order valence-corrected chi connectivity index (χ0v) is 35.5. The molecule has 19 heteroatoms. The summed E-state index contributed by atoms with van der Waals surface area (Å²) in [5.41, 5.74) is 1.13. The minimum absolute atomic E-state index is 0.262. The molecule has 0 radical (unpaired) electrons. The summed E-state index contributed by atoms with van der Waals surface area (Å²) in [4.78, 5) is 44.2. The van der Waals surface area contributed by atoms with Crippen molar-refractivity contribution in [1.29, 1.82) is 0 Å². The van der Waals surface area contributed by atoms with Crippen LogP contribution in [-0.4, -0.2) is 91.3 Å². The maximum Gasteiger partial charge on any atom is 0.418 e. The molecular weight excluding hydrogens is 862 g/mol. The lowest BCUT2D eigenvalue weighted by Crippen LogP contribution is -2.39. The molecule has 0 bridgehead atoms. The van der Waals surface area contributed by atoms with Gasteiger partial charge in [0.15, 0.2) is 5.13 Å². The number of ether oxygens (including phenoxy) is 1. The highest BCUT2D eigenvalue weighted by molar-refractivity contribution is 7.99. The summed E-state index contributed by atoms with van der Waals surface area (Å²) in [7, 11) is -4.79. The van der Waals surface area contributed by atoms with Crippen LogP contribution >= 0.6 is 23.1 Å². The van der Waals surface area contributed by atoms with E-state index in [2.05, 4.69) is 30.5 Å². The number of thioether (sulfide) groups is 1. The zero-order chi connectivity index (χ0) is 43.3. The first-order valence-corrected chi connectivity index (χ1v) is 23.1. The topological polar surface area (TPSA) is 159 Å². The van der Waals surface area contributed by atoms with Crippen molar-refractivity contribution in [3.05, 3.63) is 131 Å². The number of benzene rings is 3. The predicted octanol–water partition coefficient (Wildman–Crippen LogP) is 7.33. The third kappa shape index (κ3) is 10.4. The van der Waals surface area contributed by atoms with Gasteiger partial charge >= 0.3 is 6.18 Å². The van der Waals surface area contributed by atoms with Crippen molar-refractivity contribution in [3.63, 3.8) is 0 Å². The van der Waals surface area contributed by atoms with Crippen LogP contribution in [0, 0.1) is 0 Å². The molecule has 8 rings (SSSR count). The number of nitrogens with one attached hydrogen (secondary N) is 3. The van der Waals surface area contributed by atoms with Crippen molar-refractivity contribution in [3.8, 4) is 0 Å². The molecule has 2 aliphatic rings. The Labute approximate surface area is 364 Å². The Bertz CT molecular complexity index is 2650. The van der Waals surface area contributed by atoms with Crippen molar-refractivity contribution in [2.24, 2.45) is 0 Å². The van der Waals surface area contributed by atoms with Crippen LogP contribution in [-0.2, 0) is 33.9 Å². The first-order valence-electron chi connectivity index (χ1n) is 19.8. The predicted molar refractivity (Wildman–Crippen MR) is 233 cm³/mol. The van der Waals surface area contributed by atoms with Gasteiger partial charge < -0.3 is 15.0 Å². The second-order valence-corrected chi connectivity index (χ2v) is 18.5. The van der Waals surface area contributed by atoms with Gasteiger partial charge in [-0.3, -0.25) is 24.8 Å². The van der Waals surface area contributed by atoms with Crippen LogP contribution in [0.15, 0.2) is 113 Å². The maximum atomic E-state index is 14.7. The Morgan fingerprint density at radius 3 is 2.52 bits per heavy atom. The number of anilines is 3. The lowest BCUT2D eigenvalue weighted by Gasteiger charge is -2.31. The average Bonchev–Trinajstić information content (AvgIpc) is 3.69. The molecule has 0 aliphatic carbocycles. The average molecular weight is 903 g/mol. The molecule has 5 heterocycles. The number of nitrogens with zero attached hydrogens (tertiary/aromatic N) is 5. The number of thiazole rings is 1. The minimum atomic E-state index is -4.92. The van der Waals surface area contributed by atoms with Crippen LogP contribution < -0.4 is 20.3 Å². The van der Waals surface area contributed by atoms with E-state index >= 15 is 0 Å². The number of alkyl halides is 3. The lowest BCUT2D eigenvalue weighted by molar-refractivity contribution is -0.137. The van der Waals surface area contributed by atoms with E-state index in [1.165, 1.54) is 35.2 Å². The number of carbonyl (C=O) groups excluding carboxylic acids is 2. The molecule has 322 valence electrons. The number of rotatable bonds is 14. The number of morpholine rings is 1. The molecule has 0 saturated carbocycles. The molecule has 6 aromatic rings. The molecule has 0 spiro atoms. The van der Waals surface area contributed by atoms with Gasteiger partial charge in [-0.2, -0.15) is 13.2 Å². The third-order valence-corrected chi connectivity index (χ3v) is 14.0. The molecule has 62 heavy (non-hydrogen) atoms. The number of carbonyl (C=O) groups is 2. The van der Waals surface area contributed by atoms with Crippen LogP contribution in [0.5, 0.6) is 0 Å². The zero-order valence-electron chi connectivity index (χ0n) is 33.1. The van der Waals surface area contributed by atoms with E-state index in [0.717, 1.165) is 45.9 Å². The second kappa shape index (κ2) is 18.8. The highest BCUT2D eigenvalue weighted by Gasteiger charge is 2.36. The van der Waals surface area contributed by atoms with E-state index < -0.39 is 38.6 Å². The van der Waals surface area contributed by atoms with Crippen LogP contribution in [0.4, 0.5) is 29.8 Å². The fraction of sp³-hybridized carbons (Fsp3) is 0.279. The molecule has 0 unspecified atom stereocenters. The Hall–Kier alpha value is -5.60. The van der Waals surface area contributed by atoms with Crippen LogP contribution in [0.1, 0.15) is 44.0 Å². The quantitative estimate of drug-likeness (QED) is 0.0937. The van der Waals surface area contributed by atoms with E-state index in [1.54, 1.807) is 24.5 Å². The standard InChI is InChI=1S/C43H41F3N8O5S3/c44-43(45,46)34-24-31(12-13-35(34)48-29(16-18-53-20-22-59-23-21-53)27-60-30-7-2-1-3-8-30)62(57,58)52-41(56)36-10-5-11-39(49-36)54-19-15-28-6-4-9-32(33(28)26-54)40(55)51-42-50-37-25-47-17-14-38(37)61-42/h1-14,17,24-25,29,48H,15-16,18-23,26-27H2,(H,52,56)(H,50,51,55)/t29-/m1/s1. The van der Waals surface area contributed by atoms with Gasteiger partial charge in [0, 0.05) is 66.9 Å². The summed E-state index contributed by atoms with van der Waals surface area (Å²) in [5.74, 6) is -0.660. The van der Waals surface area contributed by atoms with Crippen molar-refractivity contribution >= 4 is 71.8 Å². The first-order chi connectivity index (χ1) is 29.9. The van der Waals surface area contributed by atoms with Gasteiger partial charge in [0.2, 0.25) is 0 Å². The number of aromatic nitrogens is 3. The van der Waals surface area contributed by atoms with Crippen LogP contribution in [0.25, 0.3) is 10.2 Å². The summed E-state index contributed by atoms with van der Waals surface area (Å²) in [6.07, 6.45) is -0.555. The Kier molecular flexibility index (Phi) is 13.1. The van der Waals surface area contributed by atoms with Gasteiger partial charge in [0.05, 0.1) is 34.6 Å². The maximum absolute atomic E-state index is 14.7. The van der Waals surface area contributed by atoms with Crippen LogP contribution in [0.2, 0.25) is 0 Å². The van der Waals surface area contributed by atoms with E-state index in [1.807, 2.05) is 58.2 Å². The largest absolute Gasteiger partial charge is 0.418 e. The molecule has 2 amide bonds. The smallest absolute Gasteiger partial charge is 0.381 e. The third-order valence-electron chi connectivity index (χ3n) is 10.5. The number of fused-ring (bicyclic) bond motifs is 2. The number of pyridine rings is 2. The minimum Gasteiger partial charge on any atom is -0.381 e. The molecule has 13 nitrogen and oxygen atoms in total. The molecular formula is C43H41F3N8O5S3. The van der Waals surface area contributed by atoms with Crippen molar-refractivity contribution in [1.82, 2.24) is 24.6 Å². The van der Waals surface area contributed by atoms with E-state index in [-0.39, 0.29) is 23.8 Å². The highest BCUT2D eigenvalue weighted by atomic mass is 32.2. The molecule has 1 saturated heterocycles. The van der Waals surface area contributed by atoms with Gasteiger partial charge in [-0.05, 0) is 78.6 Å². The Morgan fingerprint density at radius 1 is 0.919 bits per heavy atom. The van der Waals surface area contributed by atoms with Gasteiger partial charge in [-0.25, -0.2) is 23.1 Å². The number of amides is 2. The Morgan fingerprint density at radius 2 is 1.73 bits per heavy atom. The molecule has 1 atom stereocenters. The molecule has 3 N–H and O–H groups in total. The summed E-state index contributed by atoms with van der Waals surface area (Å²) in [5, 5.41) is 6.37. The van der Waals surface area contributed by atoms with Crippen molar-refractivity contribution in [2.75, 3.05) is 60.7 Å². The molecule has 1 fully saturated rings. The van der Waals surface area contributed by atoms with E-state index in [4.69, 9.17) is 4.74 Å². The fourth-order valence-electron chi connectivity index (χ4n) is 7.29. The summed E-state index contributed by atoms with van der Waals surface area (Å²) in [6, 6.07) is 23.6. The van der Waals surface area contributed by atoms with Gasteiger partial charge in [0.1, 0.15) is 17.0 Å². The van der Waals surface area contributed by atoms with Crippen molar-refractivity contribution < 1.29 is 35.9 Å². The van der Waals surface area contributed by atoms with E-state index in [9.17, 15) is 31.2 Å². The van der Waals surface area contributed by atoms with Crippen molar-refractivity contribution in [2.45, 2.75) is 41.4 Å². The van der Waals surface area contributed by atoms with Gasteiger partial charge in [0.25, 0.3) is 21.8 Å². The van der Waals surface area contributed by atoms with Gasteiger partial charge in [-0.1, -0.05) is 47.7 Å². The Balaban J connectivity index is 0.963. The number of hydrogen-bond acceptors (Lipinski definition) is 13. The molecule has 2 aliphatic heterocycles. The SMILES string of the molecule is O=C(NS(=O)(=O)c1ccc(N[C@H](CCN2CCOCC2)CSc2ccccc2)c(C(F)(F)F)c1)c1cccc(N2CCc3cccc(C(=O)Nc4nc5cnccc5s4)c3C2)n1. The summed E-state index contributed by atoms with van der Waals surface area (Å²) in [6.45, 7) is 4.01. The fourth-order valence-corrected chi connectivity index (χ4v) is 10.1.